The summed E-state index contributed by atoms with van der Waals surface area (Å²) in [5, 5.41) is 15.2. The van der Waals surface area contributed by atoms with Crippen LogP contribution in [0.25, 0.3) is 34.2 Å². The molecule has 0 fully saturated rings. The number of aromatic nitrogens is 3. The number of nitrogens with zero attached hydrogens (tertiary/aromatic N) is 5. The summed E-state index contributed by atoms with van der Waals surface area (Å²) in [4.78, 5) is 15.1. The molecule has 5 nitrogen and oxygen atoms in total. The maximum atomic E-state index is 7.89. The second-order valence-electron chi connectivity index (χ2n) is 14.6. The minimum absolute atomic E-state index is 0. The second kappa shape index (κ2) is 46.3. The van der Waals surface area contributed by atoms with Gasteiger partial charge in [-0.2, -0.15) is 35.8 Å². The average molecular weight is 903 g/mol. The van der Waals surface area contributed by atoms with Crippen LogP contribution in [0.1, 0.15) is 185 Å². The standard InChI is InChI=1S/C38H49N3.C4H7N.C3H8.C2H3N.C2H6S2.3C2H6.CH4/c1-8-26(5)12-13-31-18-22-34(27(6)24-31)37-39-36(33-20-16-30(11-4)17-21-33)40-38(41-37)35-23-19-32(25-28(35)7)15-14-29(9-2)10-3;1-4(2)3-5;1-3-2;1-2-3;3-1-2-4;3*1-2;/h16-26,29H,8-15H2,1-7H3;4H,1-2H3;3H2,1-2H3;1H3;3-4H,1-2H2;3*1-2H3;1H4. The van der Waals surface area contributed by atoms with Crippen molar-refractivity contribution in [3.63, 3.8) is 0 Å². The Labute approximate surface area is 402 Å². The van der Waals surface area contributed by atoms with Crippen molar-refractivity contribution in [2.75, 3.05) is 11.5 Å². The van der Waals surface area contributed by atoms with Crippen molar-refractivity contribution in [2.45, 2.75) is 190 Å². The van der Waals surface area contributed by atoms with Gasteiger partial charge in [-0.3, -0.25) is 0 Å². The van der Waals surface area contributed by atoms with Crippen LogP contribution in [0, 0.1) is 54.3 Å². The van der Waals surface area contributed by atoms with Crippen LogP contribution in [0.3, 0.4) is 0 Å². The SMILES string of the molecule is C.CC.CC.CC.CC#N.CC(C)C#N.CCC.CCc1ccc(-c2nc(-c3ccc(CCC(C)CC)cc3C)nc(-c3ccc(CCC(CC)CC)cc3C)n2)cc1.SCCS. The monoisotopic (exact) mass is 902 g/mol. The Morgan fingerprint density at radius 3 is 1.22 bits per heavy atom. The molecule has 0 aliphatic heterocycles. The molecule has 356 valence electrons. The Bertz CT molecular complexity index is 1720. The molecule has 0 amide bonds. The van der Waals surface area contributed by atoms with E-state index < -0.39 is 0 Å². The van der Waals surface area contributed by atoms with Gasteiger partial charge >= 0.3 is 0 Å². The molecule has 0 aliphatic rings. The first kappa shape index (κ1) is 68.4. The summed E-state index contributed by atoms with van der Waals surface area (Å²) >= 11 is 7.69. The molecule has 7 heteroatoms. The minimum Gasteiger partial charge on any atom is -0.208 e. The van der Waals surface area contributed by atoms with E-state index in [1.54, 1.807) is 6.07 Å². The summed E-state index contributed by atoms with van der Waals surface area (Å²) in [6.07, 6.45) is 10.7. The largest absolute Gasteiger partial charge is 0.208 e. The highest BCUT2D eigenvalue weighted by Crippen LogP contribution is 2.30. The van der Waals surface area contributed by atoms with Crippen LogP contribution in [-0.2, 0) is 19.3 Å². The van der Waals surface area contributed by atoms with Crippen molar-refractivity contribution in [3.8, 4) is 46.3 Å². The van der Waals surface area contributed by atoms with Gasteiger partial charge in [0.25, 0.3) is 0 Å². The number of hydrogen-bond donors (Lipinski definition) is 2. The lowest BCUT2D eigenvalue weighted by Crippen LogP contribution is -2.03. The topological polar surface area (TPSA) is 86.2 Å². The first-order valence-electron chi connectivity index (χ1n) is 23.8. The molecule has 63 heavy (non-hydrogen) atoms. The third-order valence-electron chi connectivity index (χ3n) is 9.30. The van der Waals surface area contributed by atoms with Crippen LogP contribution in [0.2, 0.25) is 0 Å². The molecule has 0 spiro atoms. The first-order valence-corrected chi connectivity index (χ1v) is 25.1. The van der Waals surface area contributed by atoms with E-state index in [0.29, 0.717) is 0 Å². The lowest BCUT2D eigenvalue weighted by atomic mass is 9.93. The third-order valence-corrected chi connectivity index (χ3v) is 10.1. The zero-order valence-corrected chi connectivity index (χ0v) is 44.7. The maximum Gasteiger partial charge on any atom is 0.164 e. The quantitative estimate of drug-likeness (QED) is 0.123. The number of benzene rings is 3. The summed E-state index contributed by atoms with van der Waals surface area (Å²) < 4.78 is 0. The molecule has 0 N–H and O–H groups in total. The summed E-state index contributed by atoms with van der Waals surface area (Å²) in [5.41, 5.74) is 9.70. The Kier molecular flexibility index (Phi) is 50.3. The van der Waals surface area contributed by atoms with Gasteiger partial charge in [0.05, 0.1) is 12.1 Å². The van der Waals surface area contributed by atoms with Crippen LogP contribution in [0.4, 0.5) is 0 Å². The number of rotatable bonds is 14. The highest BCUT2D eigenvalue weighted by atomic mass is 32.1. The molecule has 3 aromatic carbocycles. The number of thiol groups is 2. The molecule has 0 saturated heterocycles. The van der Waals surface area contributed by atoms with Gasteiger partial charge in [0.1, 0.15) is 0 Å². The van der Waals surface area contributed by atoms with E-state index in [4.69, 9.17) is 25.5 Å². The van der Waals surface area contributed by atoms with E-state index in [0.717, 1.165) is 76.8 Å². The normalized spacial score (nSPS) is 9.71. The summed E-state index contributed by atoms with van der Waals surface area (Å²) in [5.74, 6) is 5.71. The lowest BCUT2D eigenvalue weighted by Gasteiger charge is -2.14. The van der Waals surface area contributed by atoms with Gasteiger partial charge in [0, 0.05) is 29.5 Å². The fourth-order valence-electron chi connectivity index (χ4n) is 5.58. The molecule has 1 unspecified atom stereocenters. The Balaban J connectivity index is -0.000000432. The molecule has 0 radical (unpaired) electrons. The van der Waals surface area contributed by atoms with Crippen LogP contribution in [0.15, 0.2) is 60.7 Å². The highest BCUT2D eigenvalue weighted by Gasteiger charge is 2.16. The molecule has 0 bridgehead atoms. The van der Waals surface area contributed by atoms with E-state index in [9.17, 15) is 0 Å². The lowest BCUT2D eigenvalue weighted by molar-refractivity contribution is 0.456. The fraction of sp³-hybridized carbons (Fsp3) is 0.589. The average Bonchev–Trinajstić information content (AvgIpc) is 3.31. The van der Waals surface area contributed by atoms with E-state index in [1.807, 2.05) is 61.5 Å². The second-order valence-corrected chi connectivity index (χ2v) is 15.5. The van der Waals surface area contributed by atoms with Crippen molar-refractivity contribution < 1.29 is 0 Å². The molecule has 1 atom stereocenters. The zero-order valence-electron chi connectivity index (χ0n) is 42.9. The molecule has 0 aliphatic carbocycles. The number of nitriles is 2. The van der Waals surface area contributed by atoms with Gasteiger partial charge < -0.3 is 0 Å². The van der Waals surface area contributed by atoms with Crippen molar-refractivity contribution in [1.82, 2.24) is 15.0 Å². The zero-order chi connectivity index (χ0) is 48.5. The van der Waals surface area contributed by atoms with Crippen molar-refractivity contribution in [3.05, 3.63) is 88.5 Å². The van der Waals surface area contributed by atoms with Crippen LogP contribution >= 0.6 is 25.3 Å². The highest BCUT2D eigenvalue weighted by molar-refractivity contribution is 7.84. The first-order chi connectivity index (χ1) is 29.9. The Morgan fingerprint density at radius 2 is 0.921 bits per heavy atom. The maximum absolute atomic E-state index is 7.89. The van der Waals surface area contributed by atoms with E-state index in [-0.39, 0.29) is 13.3 Å². The Hall–Kier alpha value is -3.65. The van der Waals surface area contributed by atoms with Crippen molar-refractivity contribution in [2.24, 2.45) is 17.8 Å². The van der Waals surface area contributed by atoms with Gasteiger partial charge in [0.2, 0.25) is 0 Å². The van der Waals surface area contributed by atoms with E-state index in [1.165, 1.54) is 73.3 Å². The minimum atomic E-state index is 0. The predicted octanol–water partition coefficient (Wildman–Crippen LogP) is 18.1. The van der Waals surface area contributed by atoms with Crippen LogP contribution in [0.5, 0.6) is 0 Å². The molecule has 4 rings (SSSR count). The van der Waals surface area contributed by atoms with E-state index >= 15 is 0 Å². The predicted molar refractivity (Wildman–Crippen MR) is 291 cm³/mol. The fourth-order valence-corrected chi connectivity index (χ4v) is 5.58. The third kappa shape index (κ3) is 31.0. The van der Waals surface area contributed by atoms with Crippen LogP contribution < -0.4 is 0 Å². The smallest absolute Gasteiger partial charge is 0.164 e. The molecule has 1 heterocycles. The molecule has 0 saturated carbocycles. The van der Waals surface area contributed by atoms with Crippen LogP contribution in [-0.4, -0.2) is 26.5 Å². The summed E-state index contributed by atoms with van der Waals surface area (Å²) in [7, 11) is 0. The van der Waals surface area contributed by atoms with Gasteiger partial charge in [-0.1, -0.05) is 184 Å². The summed E-state index contributed by atoms with van der Waals surface area (Å²) in [6, 6.07) is 26.0. The Morgan fingerprint density at radius 1 is 0.571 bits per heavy atom. The van der Waals surface area contributed by atoms with Gasteiger partial charge in [0.15, 0.2) is 17.5 Å². The van der Waals surface area contributed by atoms with Gasteiger partial charge in [-0.05, 0) is 111 Å². The summed E-state index contributed by atoms with van der Waals surface area (Å²) in [6.45, 7) is 37.2. The molecular formula is C56H95N5S2. The molecule has 4 aromatic rings. The van der Waals surface area contributed by atoms with E-state index in [2.05, 4.69) is 148 Å². The van der Waals surface area contributed by atoms with Gasteiger partial charge in [-0.25, -0.2) is 15.0 Å². The van der Waals surface area contributed by atoms with Crippen molar-refractivity contribution in [1.29, 1.82) is 10.5 Å². The number of aryl methyl sites for hydroxylation is 5. The number of hydrogen-bond acceptors (Lipinski definition) is 7. The van der Waals surface area contributed by atoms with Crippen molar-refractivity contribution >= 4 is 25.3 Å². The molecule has 1 aromatic heterocycles. The molecular weight excluding hydrogens is 807 g/mol. The van der Waals surface area contributed by atoms with Gasteiger partial charge in [-0.15, -0.1) is 0 Å².